The first-order chi connectivity index (χ1) is 9.16. The Kier molecular flexibility index (Phi) is 5.22. The van der Waals surface area contributed by atoms with Gasteiger partial charge in [-0.1, -0.05) is 12.1 Å². The lowest BCUT2D eigenvalue weighted by atomic mass is 10.2. The van der Waals surface area contributed by atoms with Crippen molar-refractivity contribution in [3.8, 4) is 0 Å². The molecule has 1 saturated heterocycles. The number of hydrogen-bond acceptors (Lipinski definition) is 3. The molecule has 0 unspecified atom stereocenters. The molecule has 3 nitrogen and oxygen atoms in total. The summed E-state index contributed by atoms with van der Waals surface area (Å²) in [5.74, 6) is -0.366. The zero-order chi connectivity index (χ0) is 13.7. The molecular formula is C14H18FNO2S. The Morgan fingerprint density at radius 1 is 1.58 bits per heavy atom. The number of carbonyl (C=O) groups excluding carboxylic acids is 1. The van der Waals surface area contributed by atoms with Gasteiger partial charge in [0.1, 0.15) is 5.82 Å². The van der Waals surface area contributed by atoms with E-state index in [1.165, 1.54) is 17.8 Å². The average molecular weight is 283 g/mol. The van der Waals surface area contributed by atoms with E-state index < -0.39 is 0 Å². The molecule has 0 bridgehead atoms. The molecule has 0 radical (unpaired) electrons. The normalized spacial score (nSPS) is 20.2. The number of carbonyl (C=O) groups is 1. The van der Waals surface area contributed by atoms with Crippen LogP contribution >= 0.6 is 11.8 Å². The second-order valence-corrected chi connectivity index (χ2v) is 5.95. The number of benzene rings is 1. The van der Waals surface area contributed by atoms with Gasteiger partial charge in [-0.3, -0.25) is 4.79 Å². The lowest BCUT2D eigenvalue weighted by Gasteiger charge is -2.15. The van der Waals surface area contributed by atoms with E-state index in [2.05, 4.69) is 5.32 Å². The van der Waals surface area contributed by atoms with Crippen molar-refractivity contribution in [2.75, 3.05) is 13.2 Å². The van der Waals surface area contributed by atoms with E-state index in [0.717, 1.165) is 19.4 Å². The monoisotopic (exact) mass is 283 g/mol. The Morgan fingerprint density at radius 3 is 3.05 bits per heavy atom. The summed E-state index contributed by atoms with van der Waals surface area (Å²) in [6, 6.07) is 6.49. The summed E-state index contributed by atoms with van der Waals surface area (Å²) >= 11 is 1.23. The van der Waals surface area contributed by atoms with Gasteiger partial charge in [-0.2, -0.15) is 0 Å². The van der Waals surface area contributed by atoms with Crippen molar-refractivity contribution in [2.24, 2.45) is 0 Å². The van der Waals surface area contributed by atoms with E-state index in [1.807, 2.05) is 0 Å². The lowest BCUT2D eigenvalue weighted by Crippen LogP contribution is -2.36. The van der Waals surface area contributed by atoms with Crippen LogP contribution in [0.25, 0.3) is 0 Å². The van der Waals surface area contributed by atoms with Gasteiger partial charge in [-0.25, -0.2) is 4.39 Å². The maximum Gasteiger partial charge on any atom is 0.233 e. The van der Waals surface area contributed by atoms with Crippen LogP contribution < -0.4 is 5.32 Å². The number of ether oxygens (including phenoxy) is 1. The van der Waals surface area contributed by atoms with E-state index in [9.17, 15) is 9.18 Å². The van der Waals surface area contributed by atoms with E-state index in [-0.39, 0.29) is 23.1 Å². The summed E-state index contributed by atoms with van der Waals surface area (Å²) in [6.45, 7) is 3.10. The molecule has 0 spiro atoms. The van der Waals surface area contributed by atoms with Gasteiger partial charge in [-0.15, -0.1) is 11.8 Å². The third kappa shape index (κ3) is 4.21. The van der Waals surface area contributed by atoms with Crippen molar-refractivity contribution in [3.05, 3.63) is 30.1 Å². The molecule has 2 rings (SSSR count). The topological polar surface area (TPSA) is 38.3 Å². The van der Waals surface area contributed by atoms with Gasteiger partial charge >= 0.3 is 0 Å². The highest BCUT2D eigenvalue weighted by Gasteiger charge is 2.19. The third-order valence-corrected chi connectivity index (χ3v) is 4.19. The minimum absolute atomic E-state index is 0.0799. The molecule has 0 aliphatic carbocycles. The van der Waals surface area contributed by atoms with Crippen LogP contribution in [0.1, 0.15) is 19.8 Å². The molecule has 2 atom stereocenters. The first-order valence-corrected chi connectivity index (χ1v) is 7.35. The number of nitrogens with one attached hydrogen (secondary N) is 1. The first kappa shape index (κ1) is 14.3. The van der Waals surface area contributed by atoms with Crippen LogP contribution in [0.2, 0.25) is 0 Å². The number of amides is 1. The van der Waals surface area contributed by atoms with Crippen molar-refractivity contribution in [1.29, 1.82) is 0 Å². The molecule has 1 aromatic carbocycles. The second-order valence-electron chi connectivity index (χ2n) is 4.57. The Hall–Kier alpha value is -1.07. The van der Waals surface area contributed by atoms with Crippen molar-refractivity contribution < 1.29 is 13.9 Å². The molecule has 1 amide bonds. The fourth-order valence-electron chi connectivity index (χ4n) is 1.95. The van der Waals surface area contributed by atoms with Crippen LogP contribution in [-0.2, 0) is 9.53 Å². The largest absolute Gasteiger partial charge is 0.376 e. The first-order valence-electron chi connectivity index (χ1n) is 6.47. The maximum absolute atomic E-state index is 13.5. The average Bonchev–Trinajstić information content (AvgIpc) is 2.91. The van der Waals surface area contributed by atoms with Gasteiger partial charge in [0.2, 0.25) is 5.91 Å². The zero-order valence-corrected chi connectivity index (χ0v) is 11.7. The molecule has 0 aromatic heterocycles. The molecule has 0 saturated carbocycles. The highest BCUT2D eigenvalue weighted by molar-refractivity contribution is 8.00. The molecule has 1 N–H and O–H groups in total. The van der Waals surface area contributed by atoms with Gasteiger partial charge in [0, 0.05) is 18.0 Å². The highest BCUT2D eigenvalue weighted by atomic mass is 32.2. The second kappa shape index (κ2) is 6.91. The fraction of sp³-hybridized carbons (Fsp3) is 0.500. The molecule has 104 valence electrons. The molecule has 1 aromatic rings. The lowest BCUT2D eigenvalue weighted by molar-refractivity contribution is -0.120. The van der Waals surface area contributed by atoms with Gasteiger partial charge in [0.15, 0.2) is 0 Å². The van der Waals surface area contributed by atoms with E-state index in [1.54, 1.807) is 25.1 Å². The predicted molar refractivity (Wildman–Crippen MR) is 73.7 cm³/mol. The van der Waals surface area contributed by atoms with Gasteiger partial charge < -0.3 is 10.1 Å². The standard InChI is InChI=1S/C14H18FNO2S/c1-10(19-13-7-3-2-6-12(13)15)14(17)16-9-11-5-4-8-18-11/h2-3,6-7,10-11H,4-5,8-9H2,1H3,(H,16,17)/t10-,11+/m0/s1. The van der Waals surface area contributed by atoms with Gasteiger partial charge in [0.25, 0.3) is 0 Å². The summed E-state index contributed by atoms with van der Waals surface area (Å²) in [6.07, 6.45) is 2.18. The number of hydrogen-bond donors (Lipinski definition) is 1. The summed E-state index contributed by atoms with van der Waals surface area (Å²) in [5.41, 5.74) is 0. The Labute approximate surface area is 116 Å². The minimum atomic E-state index is -0.321. The molecule has 5 heteroatoms. The van der Waals surface area contributed by atoms with Crippen molar-refractivity contribution in [1.82, 2.24) is 5.32 Å². The van der Waals surface area contributed by atoms with E-state index in [4.69, 9.17) is 4.74 Å². The molecule has 1 aliphatic rings. The highest BCUT2D eigenvalue weighted by Crippen LogP contribution is 2.25. The van der Waals surface area contributed by atoms with Crippen LogP contribution in [0.4, 0.5) is 4.39 Å². The van der Waals surface area contributed by atoms with Crippen LogP contribution in [0.15, 0.2) is 29.2 Å². The van der Waals surface area contributed by atoms with E-state index >= 15 is 0 Å². The Balaban J connectivity index is 1.80. The SMILES string of the molecule is C[C@H](Sc1ccccc1F)C(=O)NC[C@H]1CCCO1. The smallest absolute Gasteiger partial charge is 0.233 e. The van der Waals surface area contributed by atoms with Crippen molar-refractivity contribution in [2.45, 2.75) is 36.0 Å². The van der Waals surface area contributed by atoms with Crippen LogP contribution in [0.5, 0.6) is 0 Å². The van der Waals surface area contributed by atoms with Crippen LogP contribution in [-0.4, -0.2) is 30.4 Å². The molecule has 19 heavy (non-hydrogen) atoms. The molecule has 1 aliphatic heterocycles. The molecular weight excluding hydrogens is 265 g/mol. The summed E-state index contributed by atoms with van der Waals surface area (Å²) < 4.78 is 18.9. The summed E-state index contributed by atoms with van der Waals surface area (Å²) in [5, 5.41) is 2.54. The third-order valence-electron chi connectivity index (χ3n) is 3.04. The summed E-state index contributed by atoms with van der Waals surface area (Å²) in [4.78, 5) is 12.4. The van der Waals surface area contributed by atoms with Crippen molar-refractivity contribution >= 4 is 17.7 Å². The van der Waals surface area contributed by atoms with Gasteiger partial charge in [0.05, 0.1) is 11.4 Å². The molecule has 1 heterocycles. The summed E-state index contributed by atoms with van der Waals surface area (Å²) in [7, 11) is 0. The van der Waals surface area contributed by atoms with Crippen molar-refractivity contribution in [3.63, 3.8) is 0 Å². The fourth-order valence-corrected chi connectivity index (χ4v) is 2.86. The Bertz CT molecular complexity index is 435. The molecule has 1 fully saturated rings. The minimum Gasteiger partial charge on any atom is -0.376 e. The predicted octanol–water partition coefficient (Wildman–Crippen LogP) is 2.60. The van der Waals surface area contributed by atoms with Gasteiger partial charge in [-0.05, 0) is 31.9 Å². The number of halogens is 1. The van der Waals surface area contributed by atoms with Crippen LogP contribution in [0, 0.1) is 5.82 Å². The van der Waals surface area contributed by atoms with E-state index in [0.29, 0.717) is 11.4 Å². The quantitative estimate of drug-likeness (QED) is 0.844. The Morgan fingerprint density at radius 2 is 2.37 bits per heavy atom. The maximum atomic E-state index is 13.5. The number of rotatable bonds is 5. The number of thioether (sulfide) groups is 1. The zero-order valence-electron chi connectivity index (χ0n) is 10.9. The van der Waals surface area contributed by atoms with Crippen LogP contribution in [0.3, 0.4) is 0 Å².